The third-order valence-electron chi connectivity index (χ3n) is 2.32. The molecule has 8 heteroatoms. The number of thiophene rings is 1. The molecule has 0 atom stereocenters. The van der Waals surface area contributed by atoms with Gasteiger partial charge in [0, 0.05) is 10.4 Å². The van der Waals surface area contributed by atoms with Crippen LogP contribution in [0.5, 0.6) is 0 Å². The smallest absolute Gasteiger partial charge is 0.223 e. The minimum absolute atomic E-state index is 0.135. The van der Waals surface area contributed by atoms with Crippen LogP contribution in [0.3, 0.4) is 0 Å². The molecular weight excluding hydrogens is 272 g/mol. The van der Waals surface area contributed by atoms with Gasteiger partial charge >= 0.3 is 0 Å². The van der Waals surface area contributed by atoms with Gasteiger partial charge in [-0.3, -0.25) is 0 Å². The Labute approximate surface area is 111 Å². The van der Waals surface area contributed by atoms with Gasteiger partial charge in [-0.2, -0.15) is 24.7 Å². The predicted octanol–water partition coefficient (Wildman–Crippen LogP) is 2.14. The third-order valence-corrected chi connectivity index (χ3v) is 3.33. The first kappa shape index (κ1) is 11.2. The van der Waals surface area contributed by atoms with Crippen molar-refractivity contribution in [1.29, 1.82) is 0 Å². The molecule has 0 saturated carbocycles. The highest BCUT2D eigenvalue weighted by Crippen LogP contribution is 2.25. The summed E-state index contributed by atoms with van der Waals surface area (Å²) in [6, 6.07) is 1.96. The Morgan fingerprint density at radius 3 is 2.83 bits per heavy atom. The SMILES string of the molecule is Cc1sccc1-c1nc(Cl)nc(-n2cncn2)n1. The molecule has 0 unspecified atom stereocenters. The summed E-state index contributed by atoms with van der Waals surface area (Å²) >= 11 is 7.55. The van der Waals surface area contributed by atoms with Crippen LogP contribution in [0, 0.1) is 6.92 Å². The topological polar surface area (TPSA) is 69.4 Å². The second-order valence-corrected chi connectivity index (χ2v) is 4.92. The van der Waals surface area contributed by atoms with Gasteiger partial charge < -0.3 is 0 Å². The fourth-order valence-electron chi connectivity index (χ4n) is 1.49. The fraction of sp³-hybridized carbons (Fsp3) is 0.100. The van der Waals surface area contributed by atoms with E-state index in [0.29, 0.717) is 11.8 Å². The van der Waals surface area contributed by atoms with Crippen LogP contribution in [0.25, 0.3) is 17.3 Å². The fourth-order valence-corrected chi connectivity index (χ4v) is 2.34. The van der Waals surface area contributed by atoms with Crippen molar-refractivity contribution in [1.82, 2.24) is 29.7 Å². The molecule has 0 fully saturated rings. The van der Waals surface area contributed by atoms with Gasteiger partial charge in [-0.05, 0) is 30.0 Å². The normalized spacial score (nSPS) is 10.8. The Morgan fingerprint density at radius 2 is 2.17 bits per heavy atom. The first-order valence-corrected chi connectivity index (χ1v) is 6.31. The van der Waals surface area contributed by atoms with Crippen LogP contribution < -0.4 is 0 Å². The molecular formula is C10H7ClN6S. The Kier molecular flexibility index (Phi) is 2.77. The van der Waals surface area contributed by atoms with Gasteiger partial charge in [0.25, 0.3) is 5.95 Å². The molecule has 0 N–H and O–H groups in total. The minimum Gasteiger partial charge on any atom is -0.223 e. The van der Waals surface area contributed by atoms with Crippen LogP contribution in [0.1, 0.15) is 4.88 Å². The van der Waals surface area contributed by atoms with Crippen molar-refractivity contribution in [3.05, 3.63) is 34.3 Å². The molecule has 0 spiro atoms. The molecule has 3 heterocycles. The first-order valence-electron chi connectivity index (χ1n) is 5.05. The van der Waals surface area contributed by atoms with Crippen molar-refractivity contribution >= 4 is 22.9 Å². The van der Waals surface area contributed by atoms with Gasteiger partial charge in [-0.25, -0.2) is 4.98 Å². The van der Waals surface area contributed by atoms with Gasteiger partial charge in [0.05, 0.1) is 0 Å². The zero-order chi connectivity index (χ0) is 12.5. The highest BCUT2D eigenvalue weighted by molar-refractivity contribution is 7.10. The summed E-state index contributed by atoms with van der Waals surface area (Å²) in [6.45, 7) is 2.01. The van der Waals surface area contributed by atoms with Crippen molar-refractivity contribution in [2.24, 2.45) is 0 Å². The van der Waals surface area contributed by atoms with Crippen LogP contribution in [0.15, 0.2) is 24.1 Å². The summed E-state index contributed by atoms with van der Waals surface area (Å²) < 4.78 is 1.44. The number of halogens is 1. The van der Waals surface area contributed by atoms with Crippen LogP contribution >= 0.6 is 22.9 Å². The van der Waals surface area contributed by atoms with Crippen LogP contribution in [-0.4, -0.2) is 29.7 Å². The minimum atomic E-state index is 0.135. The van der Waals surface area contributed by atoms with Crippen molar-refractivity contribution < 1.29 is 0 Å². The number of rotatable bonds is 2. The summed E-state index contributed by atoms with van der Waals surface area (Å²) in [5.74, 6) is 0.896. The van der Waals surface area contributed by atoms with Gasteiger partial charge in [0.2, 0.25) is 5.28 Å². The van der Waals surface area contributed by atoms with E-state index in [1.165, 1.54) is 17.3 Å². The van der Waals surface area contributed by atoms with Crippen molar-refractivity contribution in [2.45, 2.75) is 6.92 Å². The lowest BCUT2D eigenvalue weighted by Gasteiger charge is -2.03. The summed E-state index contributed by atoms with van der Waals surface area (Å²) in [5.41, 5.74) is 0.950. The summed E-state index contributed by atoms with van der Waals surface area (Å²) in [7, 11) is 0. The monoisotopic (exact) mass is 278 g/mol. The Hall–Kier alpha value is -1.86. The van der Waals surface area contributed by atoms with Gasteiger partial charge in [-0.1, -0.05) is 0 Å². The number of nitrogens with zero attached hydrogens (tertiary/aromatic N) is 6. The zero-order valence-electron chi connectivity index (χ0n) is 9.28. The van der Waals surface area contributed by atoms with Crippen molar-refractivity contribution in [3.8, 4) is 17.3 Å². The largest absolute Gasteiger partial charge is 0.256 e. The molecule has 18 heavy (non-hydrogen) atoms. The van der Waals surface area contributed by atoms with E-state index in [1.807, 2.05) is 18.4 Å². The second kappa shape index (κ2) is 4.43. The number of hydrogen-bond acceptors (Lipinski definition) is 6. The van der Waals surface area contributed by atoms with E-state index in [4.69, 9.17) is 11.6 Å². The Bertz CT molecular complexity index is 678. The summed E-state index contributed by atoms with van der Waals surface area (Å²) in [5, 5.41) is 6.09. The molecule has 0 aliphatic heterocycles. The maximum atomic E-state index is 5.92. The number of aryl methyl sites for hydroxylation is 1. The van der Waals surface area contributed by atoms with Crippen LogP contribution in [0.4, 0.5) is 0 Å². The average Bonchev–Trinajstić information content (AvgIpc) is 2.98. The van der Waals surface area contributed by atoms with E-state index in [9.17, 15) is 0 Å². The van der Waals surface area contributed by atoms with Gasteiger partial charge in [0.15, 0.2) is 5.82 Å². The quantitative estimate of drug-likeness (QED) is 0.718. The molecule has 0 bridgehead atoms. The van der Waals surface area contributed by atoms with Gasteiger partial charge in [-0.15, -0.1) is 11.3 Å². The molecule has 3 aromatic heterocycles. The van der Waals surface area contributed by atoms with Gasteiger partial charge in [0.1, 0.15) is 12.7 Å². The lowest BCUT2D eigenvalue weighted by atomic mass is 10.2. The third kappa shape index (κ3) is 1.98. The molecule has 0 aliphatic rings. The van der Waals surface area contributed by atoms with Crippen LogP contribution in [-0.2, 0) is 0 Å². The van der Waals surface area contributed by atoms with Crippen molar-refractivity contribution in [2.75, 3.05) is 0 Å². The Balaban J connectivity index is 2.15. The summed E-state index contributed by atoms with van der Waals surface area (Å²) in [4.78, 5) is 17.5. The lowest BCUT2D eigenvalue weighted by Crippen LogP contribution is -2.05. The molecule has 6 nitrogen and oxygen atoms in total. The maximum absolute atomic E-state index is 5.92. The summed E-state index contributed by atoms with van der Waals surface area (Å²) in [6.07, 6.45) is 2.92. The maximum Gasteiger partial charge on any atom is 0.256 e. The standard InChI is InChI=1S/C10H7ClN6S/c1-6-7(2-3-18-6)8-14-9(11)16-10(15-8)17-5-12-4-13-17/h2-5H,1H3. The number of aromatic nitrogens is 6. The van der Waals surface area contributed by atoms with E-state index in [2.05, 4.69) is 25.0 Å². The predicted molar refractivity (Wildman–Crippen MR) is 67.8 cm³/mol. The number of hydrogen-bond donors (Lipinski definition) is 0. The molecule has 0 aliphatic carbocycles. The van der Waals surface area contributed by atoms with E-state index >= 15 is 0 Å². The van der Waals surface area contributed by atoms with Crippen molar-refractivity contribution in [3.63, 3.8) is 0 Å². The average molecular weight is 279 g/mol. The lowest BCUT2D eigenvalue weighted by molar-refractivity contribution is 0.796. The van der Waals surface area contributed by atoms with E-state index < -0.39 is 0 Å². The van der Waals surface area contributed by atoms with E-state index in [0.717, 1.165) is 10.4 Å². The molecule has 0 amide bonds. The molecule has 90 valence electrons. The highest BCUT2D eigenvalue weighted by atomic mass is 35.5. The molecule has 3 aromatic rings. The first-order chi connectivity index (χ1) is 8.74. The van der Waals surface area contributed by atoms with E-state index in [1.54, 1.807) is 11.3 Å². The molecule has 0 aromatic carbocycles. The Morgan fingerprint density at radius 1 is 1.28 bits per heavy atom. The van der Waals surface area contributed by atoms with E-state index in [-0.39, 0.29) is 5.28 Å². The second-order valence-electron chi connectivity index (χ2n) is 3.46. The molecule has 0 saturated heterocycles. The molecule has 3 rings (SSSR count). The molecule has 0 radical (unpaired) electrons. The van der Waals surface area contributed by atoms with Crippen LogP contribution in [0.2, 0.25) is 5.28 Å². The highest BCUT2D eigenvalue weighted by Gasteiger charge is 2.11. The zero-order valence-corrected chi connectivity index (χ0v) is 10.9.